The van der Waals surface area contributed by atoms with Gasteiger partial charge in [-0.1, -0.05) is 0 Å². The van der Waals surface area contributed by atoms with Gasteiger partial charge in [0, 0.05) is 11.3 Å². The van der Waals surface area contributed by atoms with Crippen LogP contribution in [0.5, 0.6) is 11.5 Å². The molecule has 0 aliphatic rings. The number of hydrogen-bond donors (Lipinski definition) is 1. The Kier molecular flexibility index (Phi) is 5.42. The van der Waals surface area contributed by atoms with Gasteiger partial charge >= 0.3 is 0 Å². The summed E-state index contributed by atoms with van der Waals surface area (Å²) in [6, 6.07) is 12.7. The van der Waals surface area contributed by atoms with E-state index in [9.17, 15) is 4.79 Å². The highest BCUT2D eigenvalue weighted by Crippen LogP contribution is 2.21. The van der Waals surface area contributed by atoms with E-state index in [1.807, 2.05) is 57.2 Å². The highest BCUT2D eigenvalue weighted by Gasteiger charge is 2.09. The number of anilines is 1. The van der Waals surface area contributed by atoms with Gasteiger partial charge in [-0.25, -0.2) is 0 Å². The third kappa shape index (κ3) is 4.01. The van der Waals surface area contributed by atoms with E-state index in [1.54, 1.807) is 6.07 Å². The number of carbonyl (C=O) groups is 1. The van der Waals surface area contributed by atoms with E-state index in [1.165, 1.54) is 0 Å². The van der Waals surface area contributed by atoms with Crippen molar-refractivity contribution in [1.29, 1.82) is 0 Å². The lowest BCUT2D eigenvalue weighted by atomic mass is 10.1. The predicted octanol–water partition coefficient (Wildman–Crippen LogP) is 4.04. The van der Waals surface area contributed by atoms with Crippen molar-refractivity contribution in [2.45, 2.75) is 20.8 Å². The van der Waals surface area contributed by atoms with Crippen LogP contribution in [0.1, 0.15) is 29.8 Å². The molecule has 0 heterocycles. The van der Waals surface area contributed by atoms with Gasteiger partial charge in [0.15, 0.2) is 0 Å². The summed E-state index contributed by atoms with van der Waals surface area (Å²) in [4.78, 5) is 12.3. The molecular weight excluding hydrogens is 278 g/mol. The van der Waals surface area contributed by atoms with E-state index in [2.05, 4.69) is 5.32 Å². The van der Waals surface area contributed by atoms with E-state index in [0.29, 0.717) is 18.8 Å². The largest absolute Gasteiger partial charge is 0.494 e. The third-order valence-corrected chi connectivity index (χ3v) is 3.16. The number of amides is 1. The number of ether oxygens (including phenoxy) is 2. The summed E-state index contributed by atoms with van der Waals surface area (Å²) in [6.45, 7) is 7.03. The Morgan fingerprint density at radius 2 is 1.68 bits per heavy atom. The molecule has 0 aliphatic heterocycles. The van der Waals surface area contributed by atoms with Crippen molar-refractivity contribution in [2.75, 3.05) is 18.5 Å². The second-order valence-electron chi connectivity index (χ2n) is 4.82. The molecule has 0 atom stereocenters. The smallest absolute Gasteiger partial charge is 0.255 e. The Hall–Kier alpha value is -2.49. The van der Waals surface area contributed by atoms with Crippen LogP contribution in [-0.4, -0.2) is 19.1 Å². The molecule has 0 bridgehead atoms. The van der Waals surface area contributed by atoms with Crippen molar-refractivity contribution in [1.82, 2.24) is 0 Å². The summed E-state index contributed by atoms with van der Waals surface area (Å²) in [5.74, 6) is 1.45. The van der Waals surface area contributed by atoms with Crippen LogP contribution in [0.25, 0.3) is 0 Å². The first-order valence-electron chi connectivity index (χ1n) is 7.41. The van der Waals surface area contributed by atoms with E-state index in [0.717, 1.165) is 22.7 Å². The molecule has 0 aromatic heterocycles. The number of aryl methyl sites for hydroxylation is 1. The SMILES string of the molecule is CCOc1ccc(NC(=O)c2ccc(OCC)c(C)c2)cc1. The second kappa shape index (κ2) is 7.50. The number of nitrogens with one attached hydrogen (secondary N) is 1. The maximum Gasteiger partial charge on any atom is 0.255 e. The molecule has 2 rings (SSSR count). The summed E-state index contributed by atoms with van der Waals surface area (Å²) in [5, 5.41) is 2.87. The maximum absolute atomic E-state index is 12.3. The summed E-state index contributed by atoms with van der Waals surface area (Å²) in [6.07, 6.45) is 0. The molecular formula is C18H21NO3. The van der Waals surface area contributed by atoms with Crippen LogP contribution in [0.15, 0.2) is 42.5 Å². The van der Waals surface area contributed by atoms with E-state index in [4.69, 9.17) is 9.47 Å². The standard InChI is InChI=1S/C18H21NO3/c1-4-21-16-9-7-15(8-10-16)19-18(20)14-6-11-17(22-5-2)13(3)12-14/h6-12H,4-5H2,1-3H3,(H,19,20). The molecule has 0 radical (unpaired) electrons. The zero-order valence-electron chi connectivity index (χ0n) is 13.2. The Morgan fingerprint density at radius 3 is 2.27 bits per heavy atom. The predicted molar refractivity (Wildman–Crippen MR) is 87.9 cm³/mol. The molecule has 1 N–H and O–H groups in total. The molecule has 0 saturated carbocycles. The van der Waals surface area contributed by atoms with Gasteiger partial charge in [0.2, 0.25) is 0 Å². The summed E-state index contributed by atoms with van der Waals surface area (Å²) < 4.78 is 10.9. The average Bonchev–Trinajstić information content (AvgIpc) is 2.51. The fraction of sp³-hybridized carbons (Fsp3) is 0.278. The lowest BCUT2D eigenvalue weighted by Gasteiger charge is -2.10. The van der Waals surface area contributed by atoms with Crippen LogP contribution < -0.4 is 14.8 Å². The normalized spacial score (nSPS) is 10.1. The van der Waals surface area contributed by atoms with Gasteiger partial charge in [-0.05, 0) is 68.8 Å². The molecule has 0 fully saturated rings. The van der Waals surface area contributed by atoms with Gasteiger partial charge in [-0.15, -0.1) is 0 Å². The van der Waals surface area contributed by atoms with Gasteiger partial charge in [0.1, 0.15) is 11.5 Å². The fourth-order valence-corrected chi connectivity index (χ4v) is 2.11. The van der Waals surface area contributed by atoms with Gasteiger partial charge in [0.05, 0.1) is 13.2 Å². The molecule has 2 aromatic carbocycles. The van der Waals surface area contributed by atoms with Crippen molar-refractivity contribution in [3.8, 4) is 11.5 Å². The Bertz CT molecular complexity index is 635. The van der Waals surface area contributed by atoms with Crippen LogP contribution in [0.2, 0.25) is 0 Å². The molecule has 0 aliphatic carbocycles. The lowest BCUT2D eigenvalue weighted by molar-refractivity contribution is 0.102. The molecule has 0 spiro atoms. The Labute approximate surface area is 131 Å². The quantitative estimate of drug-likeness (QED) is 0.875. The second-order valence-corrected chi connectivity index (χ2v) is 4.82. The number of rotatable bonds is 6. The highest BCUT2D eigenvalue weighted by atomic mass is 16.5. The van der Waals surface area contributed by atoms with E-state index < -0.39 is 0 Å². The third-order valence-electron chi connectivity index (χ3n) is 3.16. The topological polar surface area (TPSA) is 47.6 Å². The minimum absolute atomic E-state index is 0.143. The lowest BCUT2D eigenvalue weighted by Crippen LogP contribution is -2.12. The molecule has 1 amide bonds. The molecule has 0 saturated heterocycles. The minimum atomic E-state index is -0.143. The summed E-state index contributed by atoms with van der Waals surface area (Å²) in [5.41, 5.74) is 2.29. The average molecular weight is 299 g/mol. The molecule has 2 aromatic rings. The maximum atomic E-state index is 12.3. The molecule has 4 nitrogen and oxygen atoms in total. The van der Waals surface area contributed by atoms with Crippen molar-refractivity contribution in [3.05, 3.63) is 53.6 Å². The first kappa shape index (κ1) is 15.9. The Balaban J connectivity index is 2.06. The number of carbonyl (C=O) groups excluding carboxylic acids is 1. The van der Waals surface area contributed by atoms with Crippen molar-refractivity contribution in [2.24, 2.45) is 0 Å². The van der Waals surface area contributed by atoms with Crippen LogP contribution in [0.4, 0.5) is 5.69 Å². The molecule has 22 heavy (non-hydrogen) atoms. The first-order chi connectivity index (χ1) is 10.6. The van der Waals surface area contributed by atoms with Gasteiger partial charge in [0.25, 0.3) is 5.91 Å². The van der Waals surface area contributed by atoms with Crippen LogP contribution in [0.3, 0.4) is 0 Å². The summed E-state index contributed by atoms with van der Waals surface area (Å²) >= 11 is 0. The first-order valence-corrected chi connectivity index (χ1v) is 7.41. The van der Waals surface area contributed by atoms with Crippen molar-refractivity contribution >= 4 is 11.6 Å². The van der Waals surface area contributed by atoms with E-state index >= 15 is 0 Å². The monoisotopic (exact) mass is 299 g/mol. The summed E-state index contributed by atoms with van der Waals surface area (Å²) in [7, 11) is 0. The fourth-order valence-electron chi connectivity index (χ4n) is 2.11. The van der Waals surface area contributed by atoms with E-state index in [-0.39, 0.29) is 5.91 Å². The minimum Gasteiger partial charge on any atom is -0.494 e. The molecule has 4 heteroatoms. The number of benzene rings is 2. The van der Waals surface area contributed by atoms with Gasteiger partial charge in [-0.2, -0.15) is 0 Å². The van der Waals surface area contributed by atoms with Crippen LogP contribution >= 0.6 is 0 Å². The molecule has 116 valence electrons. The van der Waals surface area contributed by atoms with Crippen LogP contribution in [0, 0.1) is 6.92 Å². The van der Waals surface area contributed by atoms with Crippen LogP contribution in [-0.2, 0) is 0 Å². The zero-order valence-corrected chi connectivity index (χ0v) is 13.2. The van der Waals surface area contributed by atoms with Gasteiger partial charge in [-0.3, -0.25) is 4.79 Å². The van der Waals surface area contributed by atoms with Gasteiger partial charge < -0.3 is 14.8 Å². The Morgan fingerprint density at radius 1 is 1.00 bits per heavy atom. The highest BCUT2D eigenvalue weighted by molar-refractivity contribution is 6.04. The molecule has 0 unspecified atom stereocenters. The van der Waals surface area contributed by atoms with Crippen molar-refractivity contribution < 1.29 is 14.3 Å². The van der Waals surface area contributed by atoms with Crippen molar-refractivity contribution in [3.63, 3.8) is 0 Å². The number of hydrogen-bond acceptors (Lipinski definition) is 3. The zero-order chi connectivity index (χ0) is 15.9.